The number of rotatable bonds is 3. The molecule has 1 aliphatic carbocycles. The molecule has 0 unspecified atom stereocenters. The van der Waals surface area contributed by atoms with Crippen molar-refractivity contribution < 1.29 is 0 Å². The van der Waals surface area contributed by atoms with Crippen LogP contribution in [0.2, 0.25) is 0 Å². The lowest BCUT2D eigenvalue weighted by atomic mass is 9.78. The van der Waals surface area contributed by atoms with Crippen molar-refractivity contribution >= 4 is 10.8 Å². The summed E-state index contributed by atoms with van der Waals surface area (Å²) in [5.74, 6) is 0. The Morgan fingerprint density at radius 1 is 1.06 bits per heavy atom. The zero-order valence-corrected chi connectivity index (χ0v) is 10.4. The Morgan fingerprint density at radius 3 is 2.59 bits per heavy atom. The molecule has 88 valence electrons. The molecule has 1 saturated carbocycles. The zero-order valence-electron chi connectivity index (χ0n) is 10.4. The monoisotopic (exact) mass is 225 g/mol. The summed E-state index contributed by atoms with van der Waals surface area (Å²) in [7, 11) is 0. The van der Waals surface area contributed by atoms with Crippen LogP contribution in [0.4, 0.5) is 0 Å². The highest BCUT2D eigenvalue weighted by molar-refractivity contribution is 5.85. The lowest BCUT2D eigenvalue weighted by Gasteiger charge is -2.39. The summed E-state index contributed by atoms with van der Waals surface area (Å²) in [4.78, 5) is 0. The maximum atomic E-state index is 3.70. The van der Waals surface area contributed by atoms with Gasteiger partial charge in [0.15, 0.2) is 0 Å². The molecule has 0 aliphatic heterocycles. The Hall–Kier alpha value is -1.34. The first-order valence-electron chi connectivity index (χ1n) is 6.49. The minimum absolute atomic E-state index is 0.386. The van der Waals surface area contributed by atoms with E-state index in [1.165, 1.54) is 35.6 Å². The van der Waals surface area contributed by atoms with Crippen LogP contribution in [0, 0.1) is 0 Å². The predicted molar refractivity (Wildman–Crippen MR) is 73.0 cm³/mol. The van der Waals surface area contributed by atoms with Gasteiger partial charge < -0.3 is 5.32 Å². The fraction of sp³-hybridized carbons (Fsp3) is 0.375. The second-order valence-electron chi connectivity index (χ2n) is 5.41. The normalized spacial score (nSPS) is 17.9. The van der Waals surface area contributed by atoms with Crippen LogP contribution in [0.5, 0.6) is 0 Å². The van der Waals surface area contributed by atoms with Crippen LogP contribution in [-0.4, -0.2) is 5.54 Å². The molecule has 2 aromatic rings. The molecule has 0 atom stereocenters. The second-order valence-corrected chi connectivity index (χ2v) is 5.41. The van der Waals surface area contributed by atoms with Crippen molar-refractivity contribution in [2.75, 3.05) is 0 Å². The summed E-state index contributed by atoms with van der Waals surface area (Å²) in [6.07, 6.45) is 4.01. The van der Waals surface area contributed by atoms with E-state index in [4.69, 9.17) is 0 Å². The molecule has 0 saturated heterocycles. The first kappa shape index (κ1) is 10.8. The van der Waals surface area contributed by atoms with Gasteiger partial charge in [0.05, 0.1) is 0 Å². The van der Waals surface area contributed by atoms with Crippen molar-refractivity contribution in [1.29, 1.82) is 0 Å². The molecule has 1 nitrogen and oxygen atoms in total. The van der Waals surface area contributed by atoms with Gasteiger partial charge >= 0.3 is 0 Å². The van der Waals surface area contributed by atoms with Crippen molar-refractivity contribution in [2.45, 2.75) is 38.3 Å². The Morgan fingerprint density at radius 2 is 1.82 bits per heavy atom. The van der Waals surface area contributed by atoms with E-state index < -0.39 is 0 Å². The van der Waals surface area contributed by atoms with Gasteiger partial charge in [0.2, 0.25) is 0 Å². The Labute approximate surface area is 103 Å². The smallest absolute Gasteiger partial charge is 0.0216 e. The van der Waals surface area contributed by atoms with Crippen molar-refractivity contribution in [3.8, 4) is 0 Å². The fourth-order valence-corrected chi connectivity index (χ4v) is 2.64. The number of hydrogen-bond acceptors (Lipinski definition) is 1. The SMILES string of the molecule is CC1(NCc2cccc3ccccc23)CCC1. The van der Waals surface area contributed by atoms with Crippen LogP contribution in [0.25, 0.3) is 10.8 Å². The lowest BCUT2D eigenvalue weighted by Crippen LogP contribution is -2.47. The zero-order chi connectivity index (χ0) is 11.7. The third kappa shape index (κ3) is 2.07. The molecular weight excluding hydrogens is 206 g/mol. The molecule has 0 aromatic heterocycles. The van der Waals surface area contributed by atoms with E-state index in [0.717, 1.165) is 6.54 Å². The van der Waals surface area contributed by atoms with Crippen LogP contribution in [-0.2, 0) is 6.54 Å². The molecule has 3 rings (SSSR count). The first-order valence-corrected chi connectivity index (χ1v) is 6.49. The van der Waals surface area contributed by atoms with E-state index >= 15 is 0 Å². The van der Waals surface area contributed by atoms with Crippen LogP contribution in [0.1, 0.15) is 31.7 Å². The summed E-state index contributed by atoms with van der Waals surface area (Å²) in [5.41, 5.74) is 1.80. The van der Waals surface area contributed by atoms with E-state index in [2.05, 4.69) is 54.7 Å². The van der Waals surface area contributed by atoms with E-state index in [1.54, 1.807) is 0 Å². The molecule has 1 fully saturated rings. The number of hydrogen-bond donors (Lipinski definition) is 1. The summed E-state index contributed by atoms with van der Waals surface area (Å²) < 4.78 is 0. The minimum atomic E-state index is 0.386. The largest absolute Gasteiger partial charge is 0.307 e. The molecule has 0 spiro atoms. The highest BCUT2D eigenvalue weighted by atomic mass is 15.0. The Balaban J connectivity index is 1.85. The summed E-state index contributed by atoms with van der Waals surface area (Å²) in [6.45, 7) is 3.32. The quantitative estimate of drug-likeness (QED) is 0.836. The highest BCUT2D eigenvalue weighted by Crippen LogP contribution is 2.31. The average molecular weight is 225 g/mol. The summed E-state index contributed by atoms with van der Waals surface area (Å²) in [5, 5.41) is 6.42. The van der Waals surface area contributed by atoms with E-state index in [0.29, 0.717) is 5.54 Å². The van der Waals surface area contributed by atoms with Crippen molar-refractivity contribution in [3.05, 3.63) is 48.0 Å². The number of benzene rings is 2. The molecule has 1 heteroatoms. The van der Waals surface area contributed by atoms with Crippen LogP contribution < -0.4 is 5.32 Å². The summed E-state index contributed by atoms with van der Waals surface area (Å²) in [6, 6.07) is 15.2. The lowest BCUT2D eigenvalue weighted by molar-refractivity contribution is 0.207. The van der Waals surface area contributed by atoms with E-state index in [9.17, 15) is 0 Å². The minimum Gasteiger partial charge on any atom is -0.307 e. The van der Waals surface area contributed by atoms with Gasteiger partial charge in [0.1, 0.15) is 0 Å². The van der Waals surface area contributed by atoms with Gasteiger partial charge in [0, 0.05) is 12.1 Å². The molecule has 1 aliphatic rings. The Bertz CT molecular complexity index is 521. The van der Waals surface area contributed by atoms with Gasteiger partial charge in [-0.1, -0.05) is 42.5 Å². The fourth-order valence-electron chi connectivity index (χ4n) is 2.64. The predicted octanol–water partition coefficient (Wildman–Crippen LogP) is 3.87. The van der Waals surface area contributed by atoms with Crippen LogP contribution in [0.3, 0.4) is 0 Å². The molecule has 0 bridgehead atoms. The molecular formula is C16H19N. The first-order chi connectivity index (χ1) is 8.27. The average Bonchev–Trinajstić information content (AvgIpc) is 2.34. The molecule has 17 heavy (non-hydrogen) atoms. The van der Waals surface area contributed by atoms with Gasteiger partial charge in [-0.05, 0) is 42.5 Å². The molecule has 2 aromatic carbocycles. The standard InChI is InChI=1S/C16H19N/c1-16(10-5-11-16)17-12-14-8-4-7-13-6-2-3-9-15(13)14/h2-4,6-9,17H,5,10-12H2,1H3. The van der Waals surface area contributed by atoms with Gasteiger partial charge in [-0.25, -0.2) is 0 Å². The van der Waals surface area contributed by atoms with E-state index in [1.807, 2.05) is 0 Å². The highest BCUT2D eigenvalue weighted by Gasteiger charge is 2.30. The second kappa shape index (κ2) is 4.15. The van der Waals surface area contributed by atoms with Gasteiger partial charge in [0.25, 0.3) is 0 Å². The van der Waals surface area contributed by atoms with E-state index in [-0.39, 0.29) is 0 Å². The van der Waals surface area contributed by atoms with Crippen molar-refractivity contribution in [2.24, 2.45) is 0 Å². The Kier molecular flexibility index (Phi) is 2.64. The topological polar surface area (TPSA) is 12.0 Å². The van der Waals surface area contributed by atoms with Crippen molar-refractivity contribution in [3.63, 3.8) is 0 Å². The number of fused-ring (bicyclic) bond motifs is 1. The molecule has 1 N–H and O–H groups in total. The molecule has 0 radical (unpaired) electrons. The molecule has 0 heterocycles. The maximum Gasteiger partial charge on any atom is 0.0216 e. The molecule has 0 amide bonds. The van der Waals surface area contributed by atoms with Crippen LogP contribution >= 0.6 is 0 Å². The van der Waals surface area contributed by atoms with Crippen LogP contribution in [0.15, 0.2) is 42.5 Å². The third-order valence-electron chi connectivity index (χ3n) is 4.04. The van der Waals surface area contributed by atoms with Gasteiger partial charge in [-0.2, -0.15) is 0 Å². The van der Waals surface area contributed by atoms with Gasteiger partial charge in [-0.15, -0.1) is 0 Å². The summed E-state index contributed by atoms with van der Waals surface area (Å²) >= 11 is 0. The number of nitrogens with one attached hydrogen (secondary N) is 1. The van der Waals surface area contributed by atoms with Crippen molar-refractivity contribution in [1.82, 2.24) is 5.32 Å². The maximum absolute atomic E-state index is 3.70. The van der Waals surface area contributed by atoms with Gasteiger partial charge in [-0.3, -0.25) is 0 Å². The third-order valence-corrected chi connectivity index (χ3v) is 4.04.